The van der Waals surface area contributed by atoms with Crippen LogP contribution in [0.5, 0.6) is 5.75 Å². The van der Waals surface area contributed by atoms with E-state index >= 15 is 0 Å². The molecule has 1 N–H and O–H groups in total. The smallest absolute Gasteiger partial charge is 0.260 e. The van der Waals surface area contributed by atoms with Gasteiger partial charge in [-0.25, -0.2) is 0 Å². The van der Waals surface area contributed by atoms with E-state index in [4.69, 9.17) is 4.74 Å². The second kappa shape index (κ2) is 6.94. The molecule has 0 aliphatic carbocycles. The molecule has 1 saturated heterocycles. The van der Waals surface area contributed by atoms with Gasteiger partial charge in [0.15, 0.2) is 6.61 Å². The summed E-state index contributed by atoms with van der Waals surface area (Å²) >= 11 is 0. The molecule has 1 aliphatic rings. The number of likely N-dealkylation sites (tertiary alicyclic amines) is 1. The second-order valence-electron chi connectivity index (χ2n) is 6.10. The molecular weight excluding hydrogens is 266 g/mol. The predicted molar refractivity (Wildman–Crippen MR) is 82.6 cm³/mol. The minimum Gasteiger partial charge on any atom is -0.483 e. The molecule has 2 rings (SSSR count). The number of carbonyl (C=O) groups excluding carboxylic acids is 1. The third-order valence-electron chi connectivity index (χ3n) is 3.98. The molecule has 0 spiro atoms. The average Bonchev–Trinajstić information content (AvgIpc) is 2.45. The first-order chi connectivity index (χ1) is 9.97. The van der Waals surface area contributed by atoms with Crippen molar-refractivity contribution in [2.45, 2.75) is 45.6 Å². The van der Waals surface area contributed by atoms with Crippen LogP contribution >= 0.6 is 0 Å². The van der Waals surface area contributed by atoms with Gasteiger partial charge in [-0.2, -0.15) is 0 Å². The van der Waals surface area contributed by atoms with E-state index in [-0.39, 0.29) is 12.5 Å². The SMILES string of the molecule is Cc1ccc(C(C)C)cc1OCC(=O)N1CCCC(O)C1. The van der Waals surface area contributed by atoms with E-state index < -0.39 is 6.10 Å². The number of ether oxygens (including phenoxy) is 1. The van der Waals surface area contributed by atoms with Gasteiger partial charge >= 0.3 is 0 Å². The predicted octanol–water partition coefficient (Wildman–Crippen LogP) is 2.48. The molecule has 1 unspecified atom stereocenters. The molecule has 0 bridgehead atoms. The van der Waals surface area contributed by atoms with Gasteiger partial charge in [0.1, 0.15) is 5.75 Å². The highest BCUT2D eigenvalue weighted by molar-refractivity contribution is 5.78. The van der Waals surface area contributed by atoms with Crippen molar-refractivity contribution in [1.29, 1.82) is 0 Å². The summed E-state index contributed by atoms with van der Waals surface area (Å²) in [4.78, 5) is 13.8. The highest BCUT2D eigenvalue weighted by Gasteiger charge is 2.22. The lowest BCUT2D eigenvalue weighted by atomic mass is 10.0. The Hall–Kier alpha value is -1.55. The lowest BCUT2D eigenvalue weighted by molar-refractivity contribution is -0.136. The maximum absolute atomic E-state index is 12.1. The number of aliphatic hydroxyl groups excluding tert-OH is 1. The van der Waals surface area contributed by atoms with Crippen molar-refractivity contribution in [2.75, 3.05) is 19.7 Å². The van der Waals surface area contributed by atoms with Crippen LogP contribution in [0.4, 0.5) is 0 Å². The van der Waals surface area contributed by atoms with Crippen LogP contribution in [0.2, 0.25) is 0 Å². The molecule has 116 valence electrons. The fourth-order valence-corrected chi connectivity index (χ4v) is 2.54. The fraction of sp³-hybridized carbons (Fsp3) is 0.588. The zero-order valence-electron chi connectivity index (χ0n) is 13.1. The fourth-order valence-electron chi connectivity index (χ4n) is 2.54. The van der Waals surface area contributed by atoms with E-state index in [1.54, 1.807) is 4.90 Å². The average molecular weight is 291 g/mol. The topological polar surface area (TPSA) is 49.8 Å². The summed E-state index contributed by atoms with van der Waals surface area (Å²) in [5.74, 6) is 1.15. The molecule has 1 amide bonds. The van der Waals surface area contributed by atoms with Crippen LogP contribution in [-0.4, -0.2) is 41.7 Å². The minimum atomic E-state index is -0.395. The van der Waals surface area contributed by atoms with E-state index in [2.05, 4.69) is 19.9 Å². The molecule has 21 heavy (non-hydrogen) atoms. The molecule has 1 aromatic carbocycles. The van der Waals surface area contributed by atoms with E-state index in [0.29, 0.717) is 19.0 Å². The first kappa shape index (κ1) is 15.8. The monoisotopic (exact) mass is 291 g/mol. The Bertz CT molecular complexity index is 499. The van der Waals surface area contributed by atoms with Crippen LogP contribution in [0.15, 0.2) is 18.2 Å². The van der Waals surface area contributed by atoms with Crippen molar-refractivity contribution < 1.29 is 14.6 Å². The Morgan fingerprint density at radius 1 is 1.48 bits per heavy atom. The first-order valence-electron chi connectivity index (χ1n) is 7.66. The molecular formula is C17H25NO3. The molecule has 0 saturated carbocycles. The Balaban J connectivity index is 1.96. The third kappa shape index (κ3) is 4.21. The van der Waals surface area contributed by atoms with Gasteiger partial charge in [0.25, 0.3) is 5.91 Å². The number of β-amino-alcohol motifs (C(OH)–C–C–N with tert-alkyl or cyclic N) is 1. The molecule has 1 aliphatic heterocycles. The molecule has 1 heterocycles. The Morgan fingerprint density at radius 3 is 2.90 bits per heavy atom. The van der Waals surface area contributed by atoms with Crippen LogP contribution < -0.4 is 4.74 Å². The van der Waals surface area contributed by atoms with Gasteiger partial charge in [0.05, 0.1) is 6.10 Å². The van der Waals surface area contributed by atoms with Crippen molar-refractivity contribution in [3.63, 3.8) is 0 Å². The zero-order valence-corrected chi connectivity index (χ0v) is 13.1. The minimum absolute atomic E-state index is 0.0368. The van der Waals surface area contributed by atoms with Crippen LogP contribution in [0, 0.1) is 6.92 Å². The lowest BCUT2D eigenvalue weighted by Crippen LogP contribution is -2.44. The van der Waals surface area contributed by atoms with E-state index in [9.17, 15) is 9.90 Å². The van der Waals surface area contributed by atoms with E-state index in [1.165, 1.54) is 5.56 Å². The third-order valence-corrected chi connectivity index (χ3v) is 3.98. The summed E-state index contributed by atoms with van der Waals surface area (Å²) in [5.41, 5.74) is 2.24. The normalized spacial score (nSPS) is 18.9. The Morgan fingerprint density at radius 2 is 2.24 bits per heavy atom. The highest BCUT2D eigenvalue weighted by atomic mass is 16.5. The van der Waals surface area contributed by atoms with Crippen LogP contribution in [-0.2, 0) is 4.79 Å². The molecule has 1 aromatic rings. The number of hydrogen-bond acceptors (Lipinski definition) is 3. The molecule has 0 radical (unpaired) electrons. The van der Waals surface area contributed by atoms with Gasteiger partial charge in [-0.1, -0.05) is 26.0 Å². The molecule has 0 aromatic heterocycles. The number of benzene rings is 1. The summed E-state index contributed by atoms with van der Waals surface area (Å²) in [5, 5.41) is 9.62. The molecule has 4 nitrogen and oxygen atoms in total. The second-order valence-corrected chi connectivity index (χ2v) is 6.10. The number of aryl methyl sites for hydroxylation is 1. The van der Waals surface area contributed by atoms with Crippen molar-refractivity contribution in [3.8, 4) is 5.75 Å². The van der Waals surface area contributed by atoms with Gasteiger partial charge in [-0.15, -0.1) is 0 Å². The molecule has 4 heteroatoms. The zero-order chi connectivity index (χ0) is 15.4. The maximum atomic E-state index is 12.1. The standard InChI is InChI=1S/C17H25NO3/c1-12(2)14-7-6-13(3)16(9-14)21-11-17(20)18-8-4-5-15(19)10-18/h6-7,9,12,15,19H,4-5,8,10-11H2,1-3H3. The number of carbonyl (C=O) groups is 1. The van der Waals surface area contributed by atoms with Crippen LogP contribution in [0.1, 0.15) is 43.7 Å². The molecule has 1 atom stereocenters. The largest absolute Gasteiger partial charge is 0.483 e. The summed E-state index contributed by atoms with van der Waals surface area (Å²) in [7, 11) is 0. The van der Waals surface area contributed by atoms with E-state index in [1.807, 2.05) is 19.1 Å². The number of piperidine rings is 1. The first-order valence-corrected chi connectivity index (χ1v) is 7.66. The number of amides is 1. The van der Waals surface area contributed by atoms with E-state index in [0.717, 1.165) is 24.2 Å². The Labute approximate surface area is 126 Å². The summed E-state index contributed by atoms with van der Waals surface area (Å²) < 4.78 is 5.71. The number of nitrogens with zero attached hydrogens (tertiary/aromatic N) is 1. The van der Waals surface area contributed by atoms with Crippen molar-refractivity contribution in [1.82, 2.24) is 4.90 Å². The van der Waals surface area contributed by atoms with Crippen molar-refractivity contribution in [3.05, 3.63) is 29.3 Å². The van der Waals surface area contributed by atoms with Gasteiger partial charge in [-0.3, -0.25) is 4.79 Å². The van der Waals surface area contributed by atoms with Crippen molar-refractivity contribution in [2.24, 2.45) is 0 Å². The quantitative estimate of drug-likeness (QED) is 0.927. The van der Waals surface area contributed by atoms with Gasteiger partial charge in [0, 0.05) is 13.1 Å². The lowest BCUT2D eigenvalue weighted by Gasteiger charge is -2.30. The van der Waals surface area contributed by atoms with Gasteiger partial charge < -0.3 is 14.7 Å². The van der Waals surface area contributed by atoms with Gasteiger partial charge in [-0.05, 0) is 42.9 Å². The Kier molecular flexibility index (Phi) is 5.23. The number of hydrogen-bond donors (Lipinski definition) is 1. The number of aliphatic hydroxyl groups is 1. The maximum Gasteiger partial charge on any atom is 0.260 e. The van der Waals surface area contributed by atoms with Crippen LogP contribution in [0.3, 0.4) is 0 Å². The van der Waals surface area contributed by atoms with Crippen molar-refractivity contribution >= 4 is 5.91 Å². The highest BCUT2D eigenvalue weighted by Crippen LogP contribution is 2.24. The summed E-state index contributed by atoms with van der Waals surface area (Å²) in [6.45, 7) is 7.42. The number of rotatable bonds is 4. The van der Waals surface area contributed by atoms with Crippen LogP contribution in [0.25, 0.3) is 0 Å². The molecule has 1 fully saturated rings. The summed E-state index contributed by atoms with van der Waals surface area (Å²) in [6.07, 6.45) is 1.24. The summed E-state index contributed by atoms with van der Waals surface area (Å²) in [6, 6.07) is 6.13. The van der Waals surface area contributed by atoms with Gasteiger partial charge in [0.2, 0.25) is 0 Å².